The zero-order chi connectivity index (χ0) is 16.1. The predicted octanol–water partition coefficient (Wildman–Crippen LogP) is 2.09. The fourth-order valence-electron chi connectivity index (χ4n) is 2.85. The molecule has 0 spiro atoms. The number of aryl methyl sites for hydroxylation is 1. The second kappa shape index (κ2) is 7.84. The van der Waals surface area contributed by atoms with Crippen LogP contribution in [0, 0.1) is 6.92 Å². The number of imidazole rings is 1. The number of rotatable bonds is 7. The van der Waals surface area contributed by atoms with Crippen molar-refractivity contribution in [1.82, 2.24) is 19.6 Å². The molecule has 1 aliphatic heterocycles. The van der Waals surface area contributed by atoms with Crippen LogP contribution in [0.1, 0.15) is 24.1 Å². The monoisotopic (exact) mass is 332 g/mol. The molecule has 0 bridgehead atoms. The third-order valence-corrected chi connectivity index (χ3v) is 5.04. The number of amides is 1. The lowest BCUT2D eigenvalue weighted by molar-refractivity contribution is -0.118. The Morgan fingerprint density at radius 3 is 2.96 bits per heavy atom. The van der Waals surface area contributed by atoms with Crippen molar-refractivity contribution in [3.05, 3.63) is 35.8 Å². The van der Waals surface area contributed by atoms with Gasteiger partial charge in [0.25, 0.3) is 0 Å². The molecule has 3 rings (SSSR count). The Kier molecular flexibility index (Phi) is 5.56. The second-order valence-corrected chi connectivity index (χ2v) is 7.19. The largest absolute Gasteiger partial charge is 0.350 e. The van der Waals surface area contributed by atoms with Gasteiger partial charge in [0, 0.05) is 24.7 Å². The topological polar surface area (TPSA) is 49.6 Å². The number of nitrogens with one attached hydrogen (secondary N) is 1. The Morgan fingerprint density at radius 1 is 1.30 bits per heavy atom. The number of carbonyl (C=O) groups is 1. The zero-order valence-electron chi connectivity index (χ0n) is 13.6. The van der Waals surface area contributed by atoms with Gasteiger partial charge in [-0.3, -0.25) is 4.79 Å². The minimum atomic E-state index is 0.0876. The van der Waals surface area contributed by atoms with Crippen LogP contribution in [0.4, 0.5) is 0 Å². The summed E-state index contributed by atoms with van der Waals surface area (Å²) < 4.78 is 2.00. The number of aromatic nitrogens is 2. The average Bonchev–Trinajstić information content (AvgIpc) is 3.18. The van der Waals surface area contributed by atoms with Gasteiger partial charge in [0.15, 0.2) is 0 Å². The first-order valence-electron chi connectivity index (χ1n) is 8.22. The van der Waals surface area contributed by atoms with E-state index in [4.69, 9.17) is 0 Å². The van der Waals surface area contributed by atoms with E-state index in [1.54, 1.807) is 11.8 Å². The van der Waals surface area contributed by atoms with Crippen molar-refractivity contribution >= 4 is 23.3 Å². The van der Waals surface area contributed by atoms with Crippen LogP contribution in [0.3, 0.4) is 0 Å². The molecule has 1 fully saturated rings. The smallest absolute Gasteiger partial charge is 0.230 e. The van der Waals surface area contributed by atoms with Crippen molar-refractivity contribution in [1.29, 1.82) is 0 Å². The first kappa shape index (κ1) is 16.3. The fraction of sp³-hybridized carbons (Fsp3) is 0.529. The summed E-state index contributed by atoms with van der Waals surface area (Å²) in [7, 11) is 0. The highest BCUT2D eigenvalue weighted by Crippen LogP contribution is 2.09. The first-order chi connectivity index (χ1) is 11.2. The molecule has 124 valence electrons. The highest BCUT2D eigenvalue weighted by molar-refractivity contribution is 7.99. The number of hydrogen-bond acceptors (Lipinski definition) is 4. The normalized spacial score (nSPS) is 15.3. The zero-order valence-corrected chi connectivity index (χ0v) is 14.4. The van der Waals surface area contributed by atoms with Crippen molar-refractivity contribution in [3.8, 4) is 0 Å². The molecular formula is C17H24N4OS. The number of nitrogens with zero attached hydrogens (tertiary/aromatic N) is 3. The minimum Gasteiger partial charge on any atom is -0.350 e. The summed E-state index contributed by atoms with van der Waals surface area (Å²) in [6.07, 6.45) is 6.67. The van der Waals surface area contributed by atoms with Crippen LogP contribution < -0.4 is 5.32 Å². The summed E-state index contributed by atoms with van der Waals surface area (Å²) in [6.45, 7) is 6.09. The summed E-state index contributed by atoms with van der Waals surface area (Å²) in [5.41, 5.74) is 3.01. The van der Waals surface area contributed by atoms with E-state index in [2.05, 4.69) is 22.1 Å². The maximum Gasteiger partial charge on any atom is 0.230 e. The van der Waals surface area contributed by atoms with Gasteiger partial charge < -0.3 is 14.6 Å². The molecule has 1 amide bonds. The predicted molar refractivity (Wildman–Crippen MR) is 94.8 cm³/mol. The van der Waals surface area contributed by atoms with Crippen molar-refractivity contribution in [3.63, 3.8) is 0 Å². The number of fused-ring (bicyclic) bond motifs is 1. The Labute approximate surface area is 141 Å². The van der Waals surface area contributed by atoms with Gasteiger partial charge in [-0.1, -0.05) is 6.07 Å². The molecule has 2 aromatic rings. The Morgan fingerprint density at radius 2 is 2.13 bits per heavy atom. The van der Waals surface area contributed by atoms with Gasteiger partial charge in [-0.25, -0.2) is 4.98 Å². The highest BCUT2D eigenvalue weighted by atomic mass is 32.2. The van der Waals surface area contributed by atoms with Crippen molar-refractivity contribution in [2.45, 2.75) is 26.3 Å². The number of hydrogen-bond donors (Lipinski definition) is 1. The van der Waals surface area contributed by atoms with E-state index in [9.17, 15) is 4.79 Å². The Hall–Kier alpha value is -1.53. The van der Waals surface area contributed by atoms with Crippen LogP contribution in [-0.2, 0) is 11.3 Å². The van der Waals surface area contributed by atoms with Gasteiger partial charge >= 0.3 is 0 Å². The van der Waals surface area contributed by atoms with Crippen molar-refractivity contribution < 1.29 is 4.79 Å². The van der Waals surface area contributed by atoms with E-state index in [1.807, 2.05) is 28.9 Å². The molecule has 0 aliphatic carbocycles. The van der Waals surface area contributed by atoms with E-state index in [0.29, 0.717) is 12.3 Å². The third-order valence-electron chi connectivity index (χ3n) is 4.10. The molecule has 0 atom stereocenters. The maximum atomic E-state index is 11.9. The van der Waals surface area contributed by atoms with Crippen molar-refractivity contribution in [2.24, 2.45) is 0 Å². The second-order valence-electron chi connectivity index (χ2n) is 6.08. The van der Waals surface area contributed by atoms with Gasteiger partial charge in [0.2, 0.25) is 5.91 Å². The molecule has 0 unspecified atom stereocenters. The molecule has 1 saturated heterocycles. The molecule has 0 radical (unpaired) electrons. The molecular weight excluding hydrogens is 308 g/mol. The van der Waals surface area contributed by atoms with Crippen LogP contribution in [0.2, 0.25) is 0 Å². The van der Waals surface area contributed by atoms with Crippen LogP contribution in [0.5, 0.6) is 0 Å². The van der Waals surface area contributed by atoms with Crippen LogP contribution in [0.25, 0.3) is 5.65 Å². The lowest BCUT2D eigenvalue weighted by Gasteiger charge is -2.13. The number of pyridine rings is 1. The van der Waals surface area contributed by atoms with E-state index in [-0.39, 0.29) is 5.91 Å². The van der Waals surface area contributed by atoms with E-state index in [0.717, 1.165) is 23.6 Å². The van der Waals surface area contributed by atoms with Gasteiger partial charge in [-0.05, 0) is 44.5 Å². The fourth-order valence-corrected chi connectivity index (χ4v) is 3.66. The summed E-state index contributed by atoms with van der Waals surface area (Å²) in [6, 6.07) is 4.04. The van der Waals surface area contributed by atoms with Gasteiger partial charge in [0.1, 0.15) is 5.65 Å². The molecule has 0 aromatic carbocycles. The summed E-state index contributed by atoms with van der Waals surface area (Å²) in [5, 5.41) is 2.95. The summed E-state index contributed by atoms with van der Waals surface area (Å²) in [4.78, 5) is 18.9. The van der Waals surface area contributed by atoms with Gasteiger partial charge in [-0.15, -0.1) is 0 Å². The lowest BCUT2D eigenvalue weighted by atomic mass is 10.3. The Bertz CT molecular complexity index is 664. The highest BCUT2D eigenvalue weighted by Gasteiger charge is 2.11. The SMILES string of the molecule is Cc1ccc2nc(CNC(=O)CSCCN3CCCC3)cn2c1. The summed E-state index contributed by atoms with van der Waals surface area (Å²) in [5.74, 6) is 1.64. The van der Waals surface area contributed by atoms with Gasteiger partial charge in [-0.2, -0.15) is 11.8 Å². The van der Waals surface area contributed by atoms with E-state index >= 15 is 0 Å². The Balaban J connectivity index is 1.37. The quantitative estimate of drug-likeness (QED) is 0.789. The molecule has 0 saturated carbocycles. The molecule has 6 heteroatoms. The van der Waals surface area contributed by atoms with Crippen LogP contribution >= 0.6 is 11.8 Å². The molecule has 1 aliphatic rings. The van der Waals surface area contributed by atoms with E-state index in [1.165, 1.54) is 31.5 Å². The average molecular weight is 332 g/mol. The van der Waals surface area contributed by atoms with Gasteiger partial charge in [0.05, 0.1) is 18.0 Å². The molecule has 1 N–H and O–H groups in total. The molecule has 5 nitrogen and oxygen atoms in total. The molecule has 23 heavy (non-hydrogen) atoms. The number of carbonyl (C=O) groups excluding carboxylic acids is 1. The number of thioether (sulfide) groups is 1. The third kappa shape index (κ3) is 4.72. The summed E-state index contributed by atoms with van der Waals surface area (Å²) >= 11 is 1.71. The lowest BCUT2D eigenvalue weighted by Crippen LogP contribution is -2.26. The maximum absolute atomic E-state index is 11.9. The van der Waals surface area contributed by atoms with Crippen LogP contribution in [0.15, 0.2) is 24.5 Å². The molecule has 3 heterocycles. The standard InChI is InChI=1S/C17H24N4OS/c1-14-4-5-16-19-15(12-21(16)11-14)10-18-17(22)13-23-9-8-20-6-2-3-7-20/h4-5,11-12H,2-3,6-10,13H2,1H3,(H,18,22). The number of likely N-dealkylation sites (tertiary alicyclic amines) is 1. The molecule has 2 aromatic heterocycles. The minimum absolute atomic E-state index is 0.0876. The first-order valence-corrected chi connectivity index (χ1v) is 9.37. The van der Waals surface area contributed by atoms with E-state index < -0.39 is 0 Å². The van der Waals surface area contributed by atoms with Crippen LogP contribution in [-0.4, -0.2) is 51.3 Å². The van der Waals surface area contributed by atoms with Crippen molar-refractivity contribution in [2.75, 3.05) is 31.1 Å².